The molecule has 2 saturated heterocycles. The Kier molecular flexibility index (Phi) is 3.63. The molecule has 6 nitrogen and oxygen atoms in total. The molecular weight excluding hydrogens is 312 g/mol. The molecule has 0 aliphatic carbocycles. The van der Waals surface area contributed by atoms with Gasteiger partial charge in [-0.25, -0.2) is 15.0 Å². The summed E-state index contributed by atoms with van der Waals surface area (Å²) in [7, 11) is 0. The summed E-state index contributed by atoms with van der Waals surface area (Å²) in [5.41, 5.74) is 3.05. The molecule has 2 unspecified atom stereocenters. The van der Waals surface area contributed by atoms with E-state index in [1.54, 1.807) is 12.7 Å². The van der Waals surface area contributed by atoms with Gasteiger partial charge in [0.15, 0.2) is 11.5 Å². The van der Waals surface area contributed by atoms with E-state index in [1.165, 1.54) is 31.2 Å². The van der Waals surface area contributed by atoms with Crippen LogP contribution in [0.4, 0.5) is 5.82 Å². The molecule has 2 aliphatic heterocycles. The minimum atomic E-state index is 0.464. The number of piperidine rings is 1. The van der Waals surface area contributed by atoms with Gasteiger partial charge in [0.25, 0.3) is 0 Å². The summed E-state index contributed by atoms with van der Waals surface area (Å²) < 4.78 is 0. The second kappa shape index (κ2) is 6.11. The number of benzene rings is 1. The van der Waals surface area contributed by atoms with Crippen LogP contribution in [0.25, 0.3) is 11.2 Å². The van der Waals surface area contributed by atoms with E-state index in [0.717, 1.165) is 23.5 Å². The molecule has 1 aromatic carbocycles. The van der Waals surface area contributed by atoms with Crippen molar-refractivity contribution in [1.82, 2.24) is 24.8 Å². The zero-order valence-electron chi connectivity index (χ0n) is 14.1. The first-order valence-corrected chi connectivity index (χ1v) is 9.07. The van der Waals surface area contributed by atoms with Crippen molar-refractivity contribution in [2.75, 3.05) is 5.32 Å². The van der Waals surface area contributed by atoms with Crippen molar-refractivity contribution in [3.05, 3.63) is 48.5 Å². The van der Waals surface area contributed by atoms with Crippen molar-refractivity contribution in [3.63, 3.8) is 0 Å². The molecule has 4 heterocycles. The number of aromatic nitrogens is 4. The van der Waals surface area contributed by atoms with Gasteiger partial charge in [-0.2, -0.15) is 0 Å². The number of hydrogen-bond acceptors (Lipinski definition) is 5. The van der Waals surface area contributed by atoms with Crippen molar-refractivity contribution in [2.45, 2.75) is 50.4 Å². The van der Waals surface area contributed by atoms with Crippen LogP contribution in [0.2, 0.25) is 0 Å². The Morgan fingerprint density at radius 1 is 1.04 bits per heavy atom. The minimum Gasteiger partial charge on any atom is -0.365 e. The molecule has 2 aromatic heterocycles. The van der Waals surface area contributed by atoms with Gasteiger partial charge in [-0.3, -0.25) is 4.90 Å². The summed E-state index contributed by atoms with van der Waals surface area (Å²) in [6.45, 7) is 1.07. The highest BCUT2D eigenvalue weighted by Crippen LogP contribution is 2.38. The molecular formula is C19H22N6. The first kappa shape index (κ1) is 14.8. The summed E-state index contributed by atoms with van der Waals surface area (Å²) in [5.74, 6) is 0.878. The fourth-order valence-corrected chi connectivity index (χ4v) is 4.51. The highest BCUT2D eigenvalue weighted by atomic mass is 15.2. The van der Waals surface area contributed by atoms with Crippen LogP contribution in [-0.2, 0) is 6.54 Å². The molecule has 128 valence electrons. The van der Waals surface area contributed by atoms with Gasteiger partial charge in [-0.1, -0.05) is 30.3 Å². The van der Waals surface area contributed by atoms with E-state index in [4.69, 9.17) is 0 Å². The van der Waals surface area contributed by atoms with Gasteiger partial charge in [0.05, 0.1) is 6.33 Å². The Labute approximate surface area is 146 Å². The van der Waals surface area contributed by atoms with Gasteiger partial charge in [-0.15, -0.1) is 0 Å². The summed E-state index contributed by atoms with van der Waals surface area (Å²) in [6, 6.07) is 12.6. The first-order valence-electron chi connectivity index (χ1n) is 9.07. The lowest BCUT2D eigenvalue weighted by atomic mass is 9.96. The number of rotatable bonds is 4. The third-order valence-electron chi connectivity index (χ3n) is 5.66. The van der Waals surface area contributed by atoms with Crippen LogP contribution in [0.5, 0.6) is 0 Å². The number of H-pyrrole nitrogens is 1. The van der Waals surface area contributed by atoms with Gasteiger partial charge in [0.1, 0.15) is 11.8 Å². The fourth-order valence-electron chi connectivity index (χ4n) is 4.51. The molecule has 2 atom stereocenters. The van der Waals surface area contributed by atoms with Gasteiger partial charge in [0.2, 0.25) is 0 Å². The minimum absolute atomic E-state index is 0.464. The third-order valence-corrected chi connectivity index (χ3v) is 5.66. The summed E-state index contributed by atoms with van der Waals surface area (Å²) in [4.78, 5) is 18.7. The van der Waals surface area contributed by atoms with Crippen LogP contribution < -0.4 is 5.32 Å². The second-order valence-electron chi connectivity index (χ2n) is 7.18. The normalized spacial score (nSPS) is 26.2. The average molecular weight is 334 g/mol. The number of nitrogens with one attached hydrogen (secondary N) is 2. The Morgan fingerprint density at radius 3 is 2.64 bits per heavy atom. The molecule has 5 rings (SSSR count). The van der Waals surface area contributed by atoms with Gasteiger partial charge in [-0.05, 0) is 31.2 Å². The molecule has 0 radical (unpaired) electrons. The van der Waals surface area contributed by atoms with E-state index >= 15 is 0 Å². The maximum Gasteiger partial charge on any atom is 0.182 e. The van der Waals surface area contributed by atoms with Crippen molar-refractivity contribution in [2.24, 2.45) is 0 Å². The third kappa shape index (κ3) is 2.76. The monoisotopic (exact) mass is 334 g/mol. The molecule has 3 aromatic rings. The number of fused-ring (bicyclic) bond motifs is 3. The lowest BCUT2D eigenvalue weighted by Gasteiger charge is -2.39. The molecule has 0 saturated carbocycles. The molecule has 2 bridgehead atoms. The number of nitrogens with zero attached hydrogens (tertiary/aromatic N) is 4. The molecule has 0 spiro atoms. The van der Waals surface area contributed by atoms with Crippen LogP contribution in [0.1, 0.15) is 31.2 Å². The van der Waals surface area contributed by atoms with Crippen LogP contribution in [-0.4, -0.2) is 43.0 Å². The number of imidazole rings is 1. The SMILES string of the molecule is c1ccc(CN2C3CCC2CC(Nc2ncnc4nc[nH]c24)C3)cc1. The molecule has 2 N–H and O–H groups in total. The molecule has 6 heteroatoms. The molecule has 2 aliphatic rings. The van der Waals surface area contributed by atoms with Crippen molar-refractivity contribution < 1.29 is 0 Å². The lowest BCUT2D eigenvalue weighted by Crippen LogP contribution is -2.46. The second-order valence-corrected chi connectivity index (χ2v) is 7.18. The predicted octanol–water partition coefficient (Wildman–Crippen LogP) is 2.96. The summed E-state index contributed by atoms with van der Waals surface area (Å²) in [6.07, 6.45) is 8.21. The molecule has 2 fully saturated rings. The Balaban J connectivity index is 1.30. The quantitative estimate of drug-likeness (QED) is 0.768. The highest BCUT2D eigenvalue weighted by Gasteiger charge is 2.40. The zero-order valence-corrected chi connectivity index (χ0v) is 14.1. The van der Waals surface area contributed by atoms with Crippen LogP contribution in [0, 0.1) is 0 Å². The van der Waals surface area contributed by atoms with Gasteiger partial charge in [0, 0.05) is 24.7 Å². The Bertz CT molecular complexity index is 846. The van der Waals surface area contributed by atoms with E-state index in [-0.39, 0.29) is 0 Å². The van der Waals surface area contributed by atoms with Crippen LogP contribution in [0.3, 0.4) is 0 Å². The maximum absolute atomic E-state index is 4.42. The zero-order chi connectivity index (χ0) is 16.6. The van der Waals surface area contributed by atoms with Crippen LogP contribution in [0.15, 0.2) is 43.0 Å². The largest absolute Gasteiger partial charge is 0.365 e. The highest BCUT2D eigenvalue weighted by molar-refractivity contribution is 5.82. The van der Waals surface area contributed by atoms with E-state index < -0.39 is 0 Å². The van der Waals surface area contributed by atoms with Gasteiger partial charge < -0.3 is 10.3 Å². The lowest BCUT2D eigenvalue weighted by molar-refractivity contribution is 0.124. The van der Waals surface area contributed by atoms with E-state index in [9.17, 15) is 0 Å². The Morgan fingerprint density at radius 2 is 1.84 bits per heavy atom. The number of hydrogen-bond donors (Lipinski definition) is 2. The Hall–Kier alpha value is -2.47. The first-order chi connectivity index (χ1) is 12.4. The van der Waals surface area contributed by atoms with Gasteiger partial charge >= 0.3 is 0 Å². The summed E-state index contributed by atoms with van der Waals surface area (Å²) in [5, 5.41) is 3.65. The smallest absolute Gasteiger partial charge is 0.182 e. The van der Waals surface area contributed by atoms with Crippen molar-refractivity contribution in [3.8, 4) is 0 Å². The maximum atomic E-state index is 4.42. The van der Waals surface area contributed by atoms with E-state index in [0.29, 0.717) is 18.1 Å². The van der Waals surface area contributed by atoms with Crippen LogP contribution >= 0.6 is 0 Å². The fraction of sp³-hybridized carbons (Fsp3) is 0.421. The predicted molar refractivity (Wildman–Crippen MR) is 97.1 cm³/mol. The van der Waals surface area contributed by atoms with E-state index in [1.807, 2.05) is 0 Å². The molecule has 25 heavy (non-hydrogen) atoms. The number of aromatic amines is 1. The number of anilines is 1. The topological polar surface area (TPSA) is 69.7 Å². The van der Waals surface area contributed by atoms with Crippen molar-refractivity contribution >= 4 is 17.0 Å². The van der Waals surface area contributed by atoms with Crippen molar-refractivity contribution in [1.29, 1.82) is 0 Å². The standard InChI is InChI=1S/C19H22N6/c1-2-4-13(5-3-1)10-25-15-6-7-16(25)9-14(8-15)24-19-17-18(21-11-20-17)22-12-23-19/h1-5,11-12,14-16H,6-10H2,(H2,20,21,22,23,24). The van der Waals surface area contributed by atoms with E-state index in [2.05, 4.69) is 60.5 Å². The average Bonchev–Trinajstić information content (AvgIpc) is 3.20. The summed E-state index contributed by atoms with van der Waals surface area (Å²) >= 11 is 0. The molecule has 0 amide bonds.